The molecule has 3 fully saturated rings. The average Bonchev–Trinajstić information content (AvgIpc) is 2.84. The SMILES string of the molecule is C=C[C@H]1CCC2C3CCC4CC(=O)C=C[C@]4(C)C3CC[C@@]21C. The first kappa shape index (κ1) is 14.7. The molecule has 7 atom stereocenters. The van der Waals surface area contributed by atoms with Crippen LogP contribution in [0.1, 0.15) is 58.8 Å². The lowest BCUT2D eigenvalue weighted by Gasteiger charge is -2.58. The molecule has 0 aromatic heterocycles. The Morgan fingerprint density at radius 3 is 2.73 bits per heavy atom. The molecule has 0 aromatic carbocycles. The highest BCUT2D eigenvalue weighted by atomic mass is 16.1. The van der Waals surface area contributed by atoms with Crippen LogP contribution >= 0.6 is 0 Å². The Balaban J connectivity index is 1.67. The molecular weight excluding hydrogens is 268 g/mol. The van der Waals surface area contributed by atoms with Crippen LogP contribution < -0.4 is 0 Å². The van der Waals surface area contributed by atoms with Crippen molar-refractivity contribution in [1.82, 2.24) is 0 Å². The number of allylic oxidation sites excluding steroid dienone is 3. The van der Waals surface area contributed by atoms with Crippen molar-refractivity contribution in [1.29, 1.82) is 0 Å². The van der Waals surface area contributed by atoms with Crippen LogP contribution in [0, 0.1) is 40.4 Å². The molecule has 0 amide bonds. The van der Waals surface area contributed by atoms with Gasteiger partial charge in [-0.25, -0.2) is 0 Å². The minimum absolute atomic E-state index is 0.282. The van der Waals surface area contributed by atoms with E-state index in [-0.39, 0.29) is 5.41 Å². The molecule has 0 radical (unpaired) electrons. The topological polar surface area (TPSA) is 17.1 Å². The van der Waals surface area contributed by atoms with E-state index in [1.165, 1.54) is 38.5 Å². The Morgan fingerprint density at radius 2 is 1.95 bits per heavy atom. The van der Waals surface area contributed by atoms with Crippen molar-refractivity contribution in [3.05, 3.63) is 24.8 Å². The monoisotopic (exact) mass is 298 g/mol. The summed E-state index contributed by atoms with van der Waals surface area (Å²) < 4.78 is 0. The molecule has 4 aliphatic carbocycles. The fourth-order valence-electron chi connectivity index (χ4n) is 7.06. The quantitative estimate of drug-likeness (QED) is 0.610. The molecular formula is C21H30O. The molecule has 22 heavy (non-hydrogen) atoms. The summed E-state index contributed by atoms with van der Waals surface area (Å²) in [5, 5.41) is 0. The number of carbonyl (C=O) groups is 1. The fraction of sp³-hybridized carbons (Fsp3) is 0.762. The summed E-state index contributed by atoms with van der Waals surface area (Å²) in [6.07, 6.45) is 15.3. The number of hydrogen-bond acceptors (Lipinski definition) is 1. The molecule has 0 spiro atoms. The minimum Gasteiger partial charge on any atom is -0.295 e. The lowest BCUT2D eigenvalue weighted by molar-refractivity contribution is -0.122. The van der Waals surface area contributed by atoms with Crippen LogP contribution in [0.5, 0.6) is 0 Å². The predicted octanol–water partition coefficient (Wildman–Crippen LogP) is 5.18. The first-order valence-corrected chi connectivity index (χ1v) is 9.33. The van der Waals surface area contributed by atoms with Crippen molar-refractivity contribution in [3.63, 3.8) is 0 Å². The standard InChI is InChI=1S/C21H30O/c1-4-14-6-8-18-17-7-5-15-13-16(22)9-11-21(15,3)19(17)10-12-20(14,18)2/h4,9,11,14-15,17-19H,1,5-8,10,12-13H2,2-3H3/t14-,15?,17?,18?,19?,20+,21-/m0/s1. The maximum atomic E-state index is 11.8. The van der Waals surface area contributed by atoms with Gasteiger partial charge in [-0.05, 0) is 85.0 Å². The van der Waals surface area contributed by atoms with Crippen LogP contribution in [0.2, 0.25) is 0 Å². The Hall–Kier alpha value is -0.850. The van der Waals surface area contributed by atoms with Gasteiger partial charge in [-0.1, -0.05) is 26.0 Å². The lowest BCUT2D eigenvalue weighted by Crippen LogP contribution is -2.52. The Morgan fingerprint density at radius 1 is 1.14 bits per heavy atom. The number of fused-ring (bicyclic) bond motifs is 5. The van der Waals surface area contributed by atoms with E-state index in [4.69, 9.17) is 0 Å². The zero-order chi connectivity index (χ0) is 15.5. The van der Waals surface area contributed by atoms with Crippen molar-refractivity contribution < 1.29 is 4.79 Å². The Bertz CT molecular complexity index is 532. The summed E-state index contributed by atoms with van der Waals surface area (Å²) in [6.45, 7) is 9.12. The molecule has 4 unspecified atom stereocenters. The van der Waals surface area contributed by atoms with E-state index in [0.29, 0.717) is 17.1 Å². The van der Waals surface area contributed by atoms with E-state index in [9.17, 15) is 4.79 Å². The number of rotatable bonds is 1. The maximum Gasteiger partial charge on any atom is 0.155 e. The van der Waals surface area contributed by atoms with Crippen LogP contribution in [0.4, 0.5) is 0 Å². The van der Waals surface area contributed by atoms with E-state index in [1.807, 2.05) is 6.08 Å². The summed E-state index contributed by atoms with van der Waals surface area (Å²) in [4.78, 5) is 11.8. The molecule has 1 nitrogen and oxygen atoms in total. The highest BCUT2D eigenvalue weighted by Gasteiger charge is 2.58. The molecule has 4 rings (SSSR count). The largest absolute Gasteiger partial charge is 0.295 e. The normalized spacial score (nSPS) is 53.5. The van der Waals surface area contributed by atoms with Crippen LogP contribution in [0.15, 0.2) is 24.8 Å². The Labute approximate surface area is 135 Å². The van der Waals surface area contributed by atoms with Gasteiger partial charge in [0.1, 0.15) is 0 Å². The van der Waals surface area contributed by atoms with Gasteiger partial charge in [0.15, 0.2) is 5.78 Å². The third-order valence-corrected chi connectivity index (χ3v) is 8.40. The molecule has 0 aromatic rings. The van der Waals surface area contributed by atoms with E-state index < -0.39 is 0 Å². The predicted molar refractivity (Wildman–Crippen MR) is 90.3 cm³/mol. The second-order valence-corrected chi connectivity index (χ2v) is 8.98. The molecule has 0 aliphatic heterocycles. The van der Waals surface area contributed by atoms with Gasteiger partial charge in [-0.15, -0.1) is 6.58 Å². The van der Waals surface area contributed by atoms with Crippen molar-refractivity contribution in [2.75, 3.05) is 0 Å². The molecule has 120 valence electrons. The summed E-state index contributed by atoms with van der Waals surface area (Å²) >= 11 is 0. The van der Waals surface area contributed by atoms with Gasteiger partial charge in [0.05, 0.1) is 0 Å². The van der Waals surface area contributed by atoms with Crippen molar-refractivity contribution in [2.24, 2.45) is 40.4 Å². The number of carbonyl (C=O) groups excluding carboxylic acids is 1. The van der Waals surface area contributed by atoms with Crippen LogP contribution in [-0.4, -0.2) is 5.78 Å². The van der Waals surface area contributed by atoms with Gasteiger partial charge in [-0.2, -0.15) is 0 Å². The third-order valence-electron chi connectivity index (χ3n) is 8.40. The average molecular weight is 298 g/mol. The van der Waals surface area contributed by atoms with E-state index in [1.54, 1.807) is 0 Å². The summed E-state index contributed by atoms with van der Waals surface area (Å²) in [7, 11) is 0. The molecule has 1 heteroatoms. The van der Waals surface area contributed by atoms with Gasteiger partial charge in [0, 0.05) is 6.42 Å². The number of hydrogen-bond donors (Lipinski definition) is 0. The van der Waals surface area contributed by atoms with E-state index >= 15 is 0 Å². The van der Waals surface area contributed by atoms with Gasteiger partial charge in [0.25, 0.3) is 0 Å². The highest BCUT2D eigenvalue weighted by Crippen LogP contribution is 2.66. The second kappa shape index (κ2) is 4.82. The van der Waals surface area contributed by atoms with E-state index in [2.05, 4.69) is 32.6 Å². The van der Waals surface area contributed by atoms with Crippen molar-refractivity contribution in [2.45, 2.75) is 58.8 Å². The van der Waals surface area contributed by atoms with Gasteiger partial charge >= 0.3 is 0 Å². The first-order valence-electron chi connectivity index (χ1n) is 9.33. The van der Waals surface area contributed by atoms with Gasteiger partial charge in [-0.3, -0.25) is 4.79 Å². The van der Waals surface area contributed by atoms with Crippen LogP contribution in [-0.2, 0) is 4.79 Å². The molecule has 0 N–H and O–H groups in total. The maximum absolute atomic E-state index is 11.8. The molecule has 0 saturated heterocycles. The summed E-state index contributed by atoms with van der Waals surface area (Å²) in [5.74, 6) is 4.26. The smallest absolute Gasteiger partial charge is 0.155 e. The minimum atomic E-state index is 0.282. The Kier molecular flexibility index (Phi) is 3.23. The molecule has 0 bridgehead atoms. The zero-order valence-corrected chi connectivity index (χ0v) is 14.2. The number of ketones is 1. The highest BCUT2D eigenvalue weighted by molar-refractivity contribution is 5.91. The molecule has 0 heterocycles. The fourth-order valence-corrected chi connectivity index (χ4v) is 7.06. The van der Waals surface area contributed by atoms with Crippen molar-refractivity contribution in [3.8, 4) is 0 Å². The van der Waals surface area contributed by atoms with Crippen LogP contribution in [0.3, 0.4) is 0 Å². The second-order valence-electron chi connectivity index (χ2n) is 8.98. The first-order chi connectivity index (χ1) is 10.5. The lowest BCUT2D eigenvalue weighted by atomic mass is 9.46. The summed E-state index contributed by atoms with van der Waals surface area (Å²) in [6, 6.07) is 0. The summed E-state index contributed by atoms with van der Waals surface area (Å²) in [5.41, 5.74) is 0.782. The van der Waals surface area contributed by atoms with Gasteiger partial charge in [0.2, 0.25) is 0 Å². The van der Waals surface area contributed by atoms with E-state index in [0.717, 1.165) is 30.1 Å². The zero-order valence-electron chi connectivity index (χ0n) is 14.2. The molecule has 3 saturated carbocycles. The van der Waals surface area contributed by atoms with Crippen molar-refractivity contribution >= 4 is 5.78 Å². The van der Waals surface area contributed by atoms with Gasteiger partial charge < -0.3 is 0 Å². The van der Waals surface area contributed by atoms with Crippen LogP contribution in [0.25, 0.3) is 0 Å². The third kappa shape index (κ3) is 1.80. The molecule has 4 aliphatic rings.